The van der Waals surface area contributed by atoms with Crippen LogP contribution in [0.25, 0.3) is 0 Å². The van der Waals surface area contributed by atoms with Crippen molar-refractivity contribution in [2.24, 2.45) is 0 Å². The van der Waals surface area contributed by atoms with Gasteiger partial charge in [0.25, 0.3) is 5.91 Å². The normalized spacial score (nSPS) is 10.9. The van der Waals surface area contributed by atoms with Gasteiger partial charge in [-0.1, -0.05) is 6.07 Å². The summed E-state index contributed by atoms with van der Waals surface area (Å²) in [6.07, 6.45) is 0. The molecule has 2 heterocycles. The van der Waals surface area contributed by atoms with Gasteiger partial charge in [-0.2, -0.15) is 0 Å². The number of carbonyl (C=O) groups excluding carboxylic acids is 1. The number of hydrogen-bond acceptors (Lipinski definition) is 4. The molecule has 6 heteroatoms. The second-order valence-corrected chi connectivity index (χ2v) is 6.22. The van der Waals surface area contributed by atoms with E-state index >= 15 is 0 Å². The molecule has 0 aliphatic rings. The van der Waals surface area contributed by atoms with Crippen LogP contribution in [0.4, 0.5) is 0 Å². The summed E-state index contributed by atoms with van der Waals surface area (Å²) in [6.45, 7) is 4.91. The molecule has 0 saturated heterocycles. The van der Waals surface area contributed by atoms with Crippen molar-refractivity contribution in [2.75, 3.05) is 26.3 Å². The van der Waals surface area contributed by atoms with E-state index in [1.807, 2.05) is 31.4 Å². The number of nitrogens with zero attached hydrogens (tertiary/aromatic N) is 2. The molecule has 0 aromatic carbocycles. The maximum absolute atomic E-state index is 12.6. The van der Waals surface area contributed by atoms with E-state index in [4.69, 9.17) is 10.2 Å². The van der Waals surface area contributed by atoms with Gasteiger partial charge in [0.15, 0.2) is 0 Å². The van der Waals surface area contributed by atoms with Crippen molar-refractivity contribution in [1.29, 1.82) is 0 Å². The van der Waals surface area contributed by atoms with Crippen LogP contribution in [0.1, 0.15) is 26.6 Å². The van der Waals surface area contributed by atoms with Crippen molar-refractivity contribution >= 4 is 17.2 Å². The number of aromatic nitrogens is 1. The van der Waals surface area contributed by atoms with Crippen LogP contribution in [0, 0.1) is 13.8 Å². The number of amides is 1. The maximum atomic E-state index is 12.6. The number of aliphatic hydroxyl groups excluding tert-OH is 2. The first-order valence-corrected chi connectivity index (χ1v) is 8.16. The summed E-state index contributed by atoms with van der Waals surface area (Å²) >= 11 is 1.69. The van der Waals surface area contributed by atoms with Crippen molar-refractivity contribution in [2.45, 2.75) is 20.4 Å². The van der Waals surface area contributed by atoms with Gasteiger partial charge in [-0.25, -0.2) is 0 Å². The third-order valence-corrected chi connectivity index (χ3v) is 4.59. The molecule has 0 unspecified atom stereocenters. The van der Waals surface area contributed by atoms with Crippen LogP contribution in [-0.4, -0.2) is 51.9 Å². The maximum Gasteiger partial charge on any atom is 0.255 e. The molecule has 0 fully saturated rings. The minimum atomic E-state index is -0.145. The molecule has 2 aromatic heterocycles. The van der Waals surface area contributed by atoms with Crippen LogP contribution in [0.5, 0.6) is 0 Å². The third kappa shape index (κ3) is 3.58. The van der Waals surface area contributed by atoms with E-state index in [-0.39, 0.29) is 32.2 Å². The standard InChI is InChI=1S/C16H22N2O3S/c1-12-10-15(16(21)17(5-7-19)6-8-20)13(2)18(12)11-14-4-3-9-22-14/h3-4,9-10,19-20H,5-8,11H2,1-2H3. The Morgan fingerprint density at radius 2 is 1.95 bits per heavy atom. The van der Waals surface area contributed by atoms with E-state index in [1.54, 1.807) is 11.3 Å². The van der Waals surface area contributed by atoms with Gasteiger partial charge in [0.05, 0.1) is 25.3 Å². The average molecular weight is 322 g/mol. The molecule has 2 aromatic rings. The lowest BCUT2D eigenvalue weighted by atomic mass is 10.2. The van der Waals surface area contributed by atoms with Crippen LogP contribution in [-0.2, 0) is 6.54 Å². The molecular weight excluding hydrogens is 300 g/mol. The zero-order valence-corrected chi connectivity index (χ0v) is 13.8. The fourth-order valence-corrected chi connectivity index (χ4v) is 3.24. The number of thiophene rings is 1. The van der Waals surface area contributed by atoms with E-state index in [9.17, 15) is 4.79 Å². The van der Waals surface area contributed by atoms with Crippen LogP contribution < -0.4 is 0 Å². The van der Waals surface area contributed by atoms with Crippen LogP contribution in [0.15, 0.2) is 23.6 Å². The highest BCUT2D eigenvalue weighted by Crippen LogP contribution is 2.20. The first kappa shape index (κ1) is 16.7. The lowest BCUT2D eigenvalue weighted by Gasteiger charge is -2.20. The highest BCUT2D eigenvalue weighted by Gasteiger charge is 2.21. The van der Waals surface area contributed by atoms with Gasteiger partial charge < -0.3 is 19.7 Å². The van der Waals surface area contributed by atoms with E-state index in [2.05, 4.69) is 10.6 Å². The molecule has 0 spiro atoms. The molecule has 0 aliphatic carbocycles. The fourth-order valence-electron chi connectivity index (χ4n) is 2.55. The zero-order chi connectivity index (χ0) is 16.1. The minimum absolute atomic E-state index is 0.111. The van der Waals surface area contributed by atoms with E-state index in [1.165, 1.54) is 9.78 Å². The molecule has 2 N–H and O–H groups in total. The Balaban J connectivity index is 2.26. The lowest BCUT2D eigenvalue weighted by Crippen LogP contribution is -2.36. The molecule has 0 atom stereocenters. The molecule has 120 valence electrons. The Morgan fingerprint density at radius 3 is 2.50 bits per heavy atom. The summed E-state index contributed by atoms with van der Waals surface area (Å²) in [5.74, 6) is -0.145. The van der Waals surface area contributed by atoms with E-state index < -0.39 is 0 Å². The van der Waals surface area contributed by atoms with Gasteiger partial charge in [0.2, 0.25) is 0 Å². The Bertz CT molecular complexity index is 614. The summed E-state index contributed by atoms with van der Waals surface area (Å²) in [5.41, 5.74) is 2.58. The molecular formula is C16H22N2O3S. The summed E-state index contributed by atoms with van der Waals surface area (Å²) in [5, 5.41) is 20.2. The quantitative estimate of drug-likeness (QED) is 0.814. The molecule has 0 saturated carbocycles. The lowest BCUT2D eigenvalue weighted by molar-refractivity contribution is 0.0684. The van der Waals surface area contributed by atoms with Crippen LogP contribution in [0.2, 0.25) is 0 Å². The highest BCUT2D eigenvalue weighted by atomic mass is 32.1. The zero-order valence-electron chi connectivity index (χ0n) is 13.0. The smallest absolute Gasteiger partial charge is 0.255 e. The van der Waals surface area contributed by atoms with Crippen molar-refractivity contribution < 1.29 is 15.0 Å². The van der Waals surface area contributed by atoms with Gasteiger partial charge in [-0.3, -0.25) is 4.79 Å². The highest BCUT2D eigenvalue weighted by molar-refractivity contribution is 7.09. The number of aliphatic hydroxyl groups is 2. The SMILES string of the molecule is Cc1cc(C(=O)N(CCO)CCO)c(C)n1Cc1cccs1. The molecule has 1 amide bonds. The van der Waals surface area contributed by atoms with Crippen LogP contribution >= 0.6 is 11.3 Å². The number of rotatable bonds is 7. The van der Waals surface area contributed by atoms with Crippen molar-refractivity contribution in [3.8, 4) is 0 Å². The summed E-state index contributed by atoms with van der Waals surface area (Å²) < 4.78 is 2.12. The molecule has 5 nitrogen and oxygen atoms in total. The first-order chi connectivity index (χ1) is 10.6. The topological polar surface area (TPSA) is 65.7 Å². The van der Waals surface area contributed by atoms with Gasteiger partial charge in [0.1, 0.15) is 0 Å². The number of hydrogen-bond donors (Lipinski definition) is 2. The molecule has 0 aliphatic heterocycles. The predicted molar refractivity (Wildman–Crippen MR) is 87.4 cm³/mol. The Morgan fingerprint density at radius 1 is 1.27 bits per heavy atom. The Hall–Kier alpha value is -1.63. The summed E-state index contributed by atoms with van der Waals surface area (Å²) in [6, 6.07) is 5.98. The number of aryl methyl sites for hydroxylation is 1. The first-order valence-electron chi connectivity index (χ1n) is 7.28. The summed E-state index contributed by atoms with van der Waals surface area (Å²) in [4.78, 5) is 15.3. The fraction of sp³-hybridized carbons (Fsp3) is 0.438. The minimum Gasteiger partial charge on any atom is -0.395 e. The van der Waals surface area contributed by atoms with E-state index in [0.29, 0.717) is 5.56 Å². The predicted octanol–water partition coefficient (Wildman–Crippen LogP) is 1.64. The van der Waals surface area contributed by atoms with E-state index in [0.717, 1.165) is 17.9 Å². The molecule has 0 radical (unpaired) electrons. The third-order valence-electron chi connectivity index (χ3n) is 3.73. The van der Waals surface area contributed by atoms with Crippen molar-refractivity contribution in [3.05, 3.63) is 45.4 Å². The summed E-state index contributed by atoms with van der Waals surface area (Å²) in [7, 11) is 0. The van der Waals surface area contributed by atoms with Gasteiger partial charge >= 0.3 is 0 Å². The molecule has 2 rings (SSSR count). The second-order valence-electron chi connectivity index (χ2n) is 5.19. The van der Waals surface area contributed by atoms with Crippen LogP contribution in [0.3, 0.4) is 0 Å². The van der Waals surface area contributed by atoms with Crippen molar-refractivity contribution in [1.82, 2.24) is 9.47 Å². The van der Waals surface area contributed by atoms with Gasteiger partial charge in [-0.15, -0.1) is 11.3 Å². The monoisotopic (exact) mass is 322 g/mol. The largest absolute Gasteiger partial charge is 0.395 e. The van der Waals surface area contributed by atoms with Gasteiger partial charge in [0, 0.05) is 29.4 Å². The Kier molecular flexibility index (Phi) is 5.76. The van der Waals surface area contributed by atoms with Gasteiger partial charge in [-0.05, 0) is 31.4 Å². The average Bonchev–Trinajstić information content (AvgIpc) is 3.10. The molecule has 0 bridgehead atoms. The Labute approximate surface area is 134 Å². The second kappa shape index (κ2) is 7.58. The molecule has 22 heavy (non-hydrogen) atoms. The van der Waals surface area contributed by atoms with Crippen molar-refractivity contribution in [3.63, 3.8) is 0 Å². The number of carbonyl (C=O) groups is 1.